The average Bonchev–Trinajstić information content (AvgIpc) is 2.53. The number of rotatable bonds is 1. The summed E-state index contributed by atoms with van der Waals surface area (Å²) in [6, 6.07) is 1.36. The Labute approximate surface area is 81.0 Å². The fourth-order valence-corrected chi connectivity index (χ4v) is 2.50. The number of hydrogen-bond acceptors (Lipinski definition) is 2. The maximum absolute atomic E-state index is 3.57. The molecule has 2 unspecified atom stereocenters. The molecule has 0 aliphatic carbocycles. The lowest BCUT2D eigenvalue weighted by atomic mass is 9.96. The molecule has 0 amide bonds. The number of hydrogen-bond donors (Lipinski definition) is 1. The summed E-state index contributed by atoms with van der Waals surface area (Å²) in [7, 11) is 2.26. The molecule has 2 rings (SSSR count). The zero-order valence-electron chi connectivity index (χ0n) is 8.71. The van der Waals surface area contributed by atoms with Crippen LogP contribution in [0, 0.1) is 0 Å². The molecule has 13 heavy (non-hydrogen) atoms. The molecule has 0 aromatic rings. The minimum atomic E-state index is 0.616. The third-order valence-electron chi connectivity index (χ3n) is 3.32. The maximum atomic E-state index is 3.57. The number of likely N-dealkylation sites (N-methyl/N-ethyl adjacent to an activating group) is 1. The first kappa shape index (κ1) is 9.22. The molecule has 0 aromatic carbocycles. The number of likely N-dealkylation sites (tertiary alicyclic amines) is 1. The minimum Gasteiger partial charge on any atom is -0.305 e. The van der Waals surface area contributed by atoms with Crippen molar-refractivity contribution in [1.29, 1.82) is 0 Å². The molecule has 1 saturated heterocycles. The standard InChI is InChI=1S/C11H20N2/c1-9-7-10(12-8-9)11-5-3-4-6-13(11)2/h7,10-12H,3-6,8H2,1-2H3. The van der Waals surface area contributed by atoms with E-state index in [1.165, 1.54) is 31.4 Å². The highest BCUT2D eigenvalue weighted by Gasteiger charge is 2.27. The van der Waals surface area contributed by atoms with Crippen molar-refractivity contribution in [2.24, 2.45) is 0 Å². The summed E-state index contributed by atoms with van der Waals surface area (Å²) in [5, 5.41) is 3.57. The van der Waals surface area contributed by atoms with Crippen molar-refractivity contribution in [3.63, 3.8) is 0 Å². The minimum absolute atomic E-state index is 0.616. The van der Waals surface area contributed by atoms with Gasteiger partial charge in [-0.1, -0.05) is 18.1 Å². The summed E-state index contributed by atoms with van der Waals surface area (Å²) in [6.07, 6.45) is 6.55. The first-order valence-electron chi connectivity index (χ1n) is 5.38. The molecule has 2 aliphatic heterocycles. The molecule has 1 N–H and O–H groups in total. The van der Waals surface area contributed by atoms with Gasteiger partial charge in [-0.3, -0.25) is 0 Å². The van der Waals surface area contributed by atoms with E-state index in [0.717, 1.165) is 12.6 Å². The van der Waals surface area contributed by atoms with E-state index in [-0.39, 0.29) is 0 Å². The van der Waals surface area contributed by atoms with Gasteiger partial charge in [-0.05, 0) is 33.4 Å². The molecular formula is C11H20N2. The van der Waals surface area contributed by atoms with Crippen molar-refractivity contribution in [1.82, 2.24) is 10.2 Å². The predicted octanol–water partition coefficient (Wildman–Crippen LogP) is 1.39. The van der Waals surface area contributed by atoms with Crippen LogP contribution in [0.4, 0.5) is 0 Å². The van der Waals surface area contributed by atoms with E-state index in [1.807, 2.05) is 0 Å². The van der Waals surface area contributed by atoms with Crippen LogP contribution in [0.5, 0.6) is 0 Å². The zero-order valence-corrected chi connectivity index (χ0v) is 8.71. The molecule has 1 fully saturated rings. The summed E-state index contributed by atoms with van der Waals surface area (Å²) in [6.45, 7) is 4.58. The van der Waals surface area contributed by atoms with E-state index in [1.54, 1.807) is 0 Å². The summed E-state index contributed by atoms with van der Waals surface area (Å²) in [5.41, 5.74) is 1.50. The molecule has 2 aliphatic rings. The van der Waals surface area contributed by atoms with Gasteiger partial charge in [0.1, 0.15) is 0 Å². The molecule has 0 radical (unpaired) electrons. The normalized spacial score (nSPS) is 36.3. The first-order chi connectivity index (χ1) is 6.27. The summed E-state index contributed by atoms with van der Waals surface area (Å²) >= 11 is 0. The fraction of sp³-hybridized carbons (Fsp3) is 0.818. The van der Waals surface area contributed by atoms with Crippen LogP contribution in [0.3, 0.4) is 0 Å². The van der Waals surface area contributed by atoms with Gasteiger partial charge < -0.3 is 10.2 Å². The molecule has 0 spiro atoms. The summed E-state index contributed by atoms with van der Waals surface area (Å²) in [4.78, 5) is 2.51. The van der Waals surface area contributed by atoms with E-state index in [9.17, 15) is 0 Å². The lowest BCUT2D eigenvalue weighted by Crippen LogP contribution is -2.48. The zero-order chi connectivity index (χ0) is 9.26. The molecule has 74 valence electrons. The lowest BCUT2D eigenvalue weighted by molar-refractivity contribution is 0.164. The van der Waals surface area contributed by atoms with Gasteiger partial charge in [-0.2, -0.15) is 0 Å². The van der Waals surface area contributed by atoms with Crippen LogP contribution >= 0.6 is 0 Å². The lowest BCUT2D eigenvalue weighted by Gasteiger charge is -2.36. The van der Waals surface area contributed by atoms with Crippen molar-refractivity contribution >= 4 is 0 Å². The Morgan fingerprint density at radius 3 is 2.92 bits per heavy atom. The number of piperidine rings is 1. The van der Waals surface area contributed by atoms with Crippen molar-refractivity contribution in [3.8, 4) is 0 Å². The molecule has 2 heteroatoms. The third kappa shape index (κ3) is 1.94. The SMILES string of the molecule is CC1=CC(C2CCCCN2C)NC1. The van der Waals surface area contributed by atoms with Crippen LogP contribution in [0.15, 0.2) is 11.6 Å². The molecular weight excluding hydrogens is 160 g/mol. The maximum Gasteiger partial charge on any atom is 0.0412 e. The van der Waals surface area contributed by atoms with Gasteiger partial charge in [0.05, 0.1) is 0 Å². The molecule has 0 saturated carbocycles. The Bertz CT molecular complexity index is 210. The fourth-order valence-electron chi connectivity index (χ4n) is 2.50. The smallest absolute Gasteiger partial charge is 0.0412 e. The van der Waals surface area contributed by atoms with E-state index < -0.39 is 0 Å². The van der Waals surface area contributed by atoms with Crippen molar-refractivity contribution < 1.29 is 0 Å². The highest BCUT2D eigenvalue weighted by Crippen LogP contribution is 2.21. The second kappa shape index (κ2) is 3.81. The van der Waals surface area contributed by atoms with E-state index >= 15 is 0 Å². The van der Waals surface area contributed by atoms with E-state index in [0.29, 0.717) is 6.04 Å². The van der Waals surface area contributed by atoms with Crippen LogP contribution in [-0.2, 0) is 0 Å². The Hall–Kier alpha value is -0.340. The Morgan fingerprint density at radius 2 is 2.31 bits per heavy atom. The van der Waals surface area contributed by atoms with Gasteiger partial charge in [0.15, 0.2) is 0 Å². The number of nitrogens with zero attached hydrogens (tertiary/aromatic N) is 1. The van der Waals surface area contributed by atoms with Gasteiger partial charge in [-0.25, -0.2) is 0 Å². The largest absolute Gasteiger partial charge is 0.305 e. The molecule has 2 atom stereocenters. The summed E-state index contributed by atoms with van der Waals surface area (Å²) in [5.74, 6) is 0. The van der Waals surface area contributed by atoms with Gasteiger partial charge in [-0.15, -0.1) is 0 Å². The van der Waals surface area contributed by atoms with Gasteiger partial charge >= 0.3 is 0 Å². The first-order valence-corrected chi connectivity index (χ1v) is 5.38. The average molecular weight is 180 g/mol. The van der Waals surface area contributed by atoms with E-state index in [2.05, 4.69) is 30.3 Å². The number of nitrogens with one attached hydrogen (secondary N) is 1. The Morgan fingerprint density at radius 1 is 1.46 bits per heavy atom. The van der Waals surface area contributed by atoms with Crippen LogP contribution < -0.4 is 5.32 Å². The monoisotopic (exact) mass is 180 g/mol. The van der Waals surface area contributed by atoms with Crippen molar-refractivity contribution in [2.45, 2.75) is 38.3 Å². The van der Waals surface area contributed by atoms with Crippen molar-refractivity contribution in [3.05, 3.63) is 11.6 Å². The van der Waals surface area contributed by atoms with Gasteiger partial charge in [0.25, 0.3) is 0 Å². The van der Waals surface area contributed by atoms with Crippen LogP contribution in [0.25, 0.3) is 0 Å². The Balaban J connectivity index is 1.99. The van der Waals surface area contributed by atoms with Crippen molar-refractivity contribution in [2.75, 3.05) is 20.1 Å². The van der Waals surface area contributed by atoms with Gasteiger partial charge in [0, 0.05) is 18.6 Å². The predicted molar refractivity (Wildman–Crippen MR) is 55.8 cm³/mol. The van der Waals surface area contributed by atoms with Crippen LogP contribution in [0.1, 0.15) is 26.2 Å². The molecule has 0 bridgehead atoms. The topological polar surface area (TPSA) is 15.3 Å². The van der Waals surface area contributed by atoms with Crippen LogP contribution in [0.2, 0.25) is 0 Å². The van der Waals surface area contributed by atoms with Crippen LogP contribution in [-0.4, -0.2) is 37.1 Å². The Kier molecular flexibility index (Phi) is 2.70. The van der Waals surface area contributed by atoms with Gasteiger partial charge in [0.2, 0.25) is 0 Å². The summed E-state index contributed by atoms with van der Waals surface area (Å²) < 4.78 is 0. The molecule has 2 heterocycles. The highest BCUT2D eigenvalue weighted by atomic mass is 15.2. The highest BCUT2D eigenvalue weighted by molar-refractivity contribution is 5.16. The third-order valence-corrected chi connectivity index (χ3v) is 3.32. The second-order valence-electron chi connectivity index (χ2n) is 4.46. The van der Waals surface area contributed by atoms with E-state index in [4.69, 9.17) is 0 Å². The quantitative estimate of drug-likeness (QED) is 0.613. The second-order valence-corrected chi connectivity index (χ2v) is 4.46. The molecule has 0 aromatic heterocycles. The molecule has 2 nitrogen and oxygen atoms in total.